The van der Waals surface area contributed by atoms with Crippen molar-refractivity contribution in [1.29, 1.82) is 0 Å². The van der Waals surface area contributed by atoms with E-state index in [1.807, 2.05) is 6.92 Å². The summed E-state index contributed by atoms with van der Waals surface area (Å²) in [5.74, 6) is -0.802. The Bertz CT molecular complexity index is 1120. The highest BCUT2D eigenvalue weighted by molar-refractivity contribution is 6.21. The van der Waals surface area contributed by atoms with Gasteiger partial charge in [0.2, 0.25) is 5.82 Å². The molecular formula is C20H19N7O3. The molecule has 3 aromatic rings. The van der Waals surface area contributed by atoms with E-state index in [2.05, 4.69) is 20.1 Å². The SMILES string of the molecule is CCN(C)C(=O)c1ncn(-c2nccnc2[C@@H](C)N2C(=O)c3ccccc3C2=O)n1. The molecule has 0 radical (unpaired) electrons. The normalized spacial score (nSPS) is 14.0. The molecule has 3 amide bonds. The molecular weight excluding hydrogens is 386 g/mol. The number of rotatable bonds is 5. The Hall–Kier alpha value is -3.95. The van der Waals surface area contributed by atoms with E-state index in [9.17, 15) is 14.4 Å². The number of benzene rings is 1. The predicted molar refractivity (Wildman–Crippen MR) is 105 cm³/mol. The molecule has 30 heavy (non-hydrogen) atoms. The van der Waals surface area contributed by atoms with E-state index in [4.69, 9.17) is 0 Å². The molecule has 3 heterocycles. The van der Waals surface area contributed by atoms with Crippen molar-refractivity contribution in [3.63, 3.8) is 0 Å². The predicted octanol–water partition coefficient (Wildman–Crippen LogP) is 1.51. The van der Waals surface area contributed by atoms with Crippen molar-refractivity contribution in [2.45, 2.75) is 19.9 Å². The lowest BCUT2D eigenvalue weighted by molar-refractivity contribution is 0.0591. The quantitative estimate of drug-likeness (QED) is 0.591. The minimum atomic E-state index is -0.706. The number of carbonyl (C=O) groups excluding carboxylic acids is 3. The van der Waals surface area contributed by atoms with Gasteiger partial charge in [0.15, 0.2) is 5.82 Å². The van der Waals surface area contributed by atoms with Crippen molar-refractivity contribution < 1.29 is 14.4 Å². The standard InChI is InChI=1S/C20H19N7O3/c1-4-25(3)20(30)16-23-11-26(24-16)17-15(21-9-10-22-17)12(2)27-18(28)13-7-5-6-8-14(13)19(27)29/h5-12H,4H2,1-3H3/t12-/m1/s1. The molecule has 0 N–H and O–H groups in total. The van der Waals surface area contributed by atoms with Crippen LogP contribution >= 0.6 is 0 Å². The first-order valence-corrected chi connectivity index (χ1v) is 9.39. The molecule has 10 nitrogen and oxygen atoms in total. The number of aromatic nitrogens is 5. The molecule has 4 rings (SSSR count). The molecule has 152 valence electrons. The summed E-state index contributed by atoms with van der Waals surface area (Å²) in [4.78, 5) is 53.4. The fourth-order valence-corrected chi connectivity index (χ4v) is 3.27. The van der Waals surface area contributed by atoms with E-state index < -0.39 is 17.9 Å². The molecule has 1 atom stereocenters. The summed E-state index contributed by atoms with van der Waals surface area (Å²) >= 11 is 0. The zero-order valence-corrected chi connectivity index (χ0v) is 16.7. The lowest BCUT2D eigenvalue weighted by atomic mass is 10.1. The Morgan fingerprint density at radius 3 is 2.33 bits per heavy atom. The topological polar surface area (TPSA) is 114 Å². The molecule has 2 aromatic heterocycles. The average Bonchev–Trinajstić information content (AvgIpc) is 3.36. The van der Waals surface area contributed by atoms with E-state index in [-0.39, 0.29) is 17.5 Å². The Labute approximate surface area is 172 Å². The first kappa shape index (κ1) is 19.4. The van der Waals surface area contributed by atoms with Crippen molar-refractivity contribution >= 4 is 17.7 Å². The maximum absolute atomic E-state index is 12.8. The summed E-state index contributed by atoms with van der Waals surface area (Å²) in [5, 5.41) is 4.22. The van der Waals surface area contributed by atoms with Gasteiger partial charge < -0.3 is 4.90 Å². The molecule has 0 bridgehead atoms. The number of fused-ring (bicyclic) bond motifs is 1. The van der Waals surface area contributed by atoms with Gasteiger partial charge in [-0.05, 0) is 26.0 Å². The number of amides is 3. The van der Waals surface area contributed by atoms with Crippen molar-refractivity contribution in [3.8, 4) is 5.82 Å². The summed E-state index contributed by atoms with van der Waals surface area (Å²) in [5.41, 5.74) is 1.08. The van der Waals surface area contributed by atoms with E-state index in [1.165, 1.54) is 28.3 Å². The number of imide groups is 1. The molecule has 1 aliphatic heterocycles. The second kappa shape index (κ2) is 7.47. The molecule has 0 saturated carbocycles. The van der Waals surface area contributed by atoms with Crippen molar-refractivity contribution in [2.75, 3.05) is 13.6 Å². The molecule has 0 fully saturated rings. The van der Waals surface area contributed by atoms with Crippen molar-refractivity contribution in [2.24, 2.45) is 0 Å². The fraction of sp³-hybridized carbons (Fsp3) is 0.250. The van der Waals surface area contributed by atoms with Gasteiger partial charge in [0.25, 0.3) is 17.7 Å². The summed E-state index contributed by atoms with van der Waals surface area (Å²) in [7, 11) is 1.65. The largest absolute Gasteiger partial charge is 0.339 e. The molecule has 1 aromatic carbocycles. The van der Waals surface area contributed by atoms with E-state index >= 15 is 0 Å². The highest BCUT2D eigenvalue weighted by atomic mass is 16.2. The zero-order valence-electron chi connectivity index (χ0n) is 16.7. The fourth-order valence-electron chi connectivity index (χ4n) is 3.27. The Balaban J connectivity index is 1.70. The van der Waals surface area contributed by atoms with Crippen LogP contribution in [0.25, 0.3) is 5.82 Å². The summed E-state index contributed by atoms with van der Waals surface area (Å²) in [6, 6.07) is 5.97. The molecule has 1 aliphatic rings. The van der Waals surface area contributed by atoms with Gasteiger partial charge in [0.1, 0.15) is 12.0 Å². The number of hydrogen-bond acceptors (Lipinski definition) is 7. The van der Waals surface area contributed by atoms with Crippen LogP contribution in [0.5, 0.6) is 0 Å². The van der Waals surface area contributed by atoms with Crippen LogP contribution in [0.1, 0.15) is 56.9 Å². The average molecular weight is 405 g/mol. The van der Waals surface area contributed by atoms with E-state index in [0.717, 1.165) is 4.90 Å². The Morgan fingerprint density at radius 1 is 1.07 bits per heavy atom. The van der Waals surface area contributed by atoms with Gasteiger partial charge in [-0.15, -0.1) is 5.10 Å². The lowest BCUT2D eigenvalue weighted by Gasteiger charge is -2.23. The second-order valence-electron chi connectivity index (χ2n) is 6.80. The Kier molecular flexibility index (Phi) is 4.82. The lowest BCUT2D eigenvalue weighted by Crippen LogP contribution is -2.33. The minimum absolute atomic E-state index is 0.0179. The van der Waals surface area contributed by atoms with Gasteiger partial charge >= 0.3 is 0 Å². The van der Waals surface area contributed by atoms with Gasteiger partial charge in [-0.1, -0.05) is 12.1 Å². The molecule has 0 saturated heterocycles. The maximum atomic E-state index is 12.8. The zero-order chi connectivity index (χ0) is 21.4. The first-order chi connectivity index (χ1) is 14.4. The molecule has 10 heteroatoms. The van der Waals surface area contributed by atoms with Crippen LogP contribution in [0.15, 0.2) is 43.0 Å². The monoisotopic (exact) mass is 405 g/mol. The van der Waals surface area contributed by atoms with Gasteiger partial charge in [-0.25, -0.2) is 9.97 Å². The third-order valence-corrected chi connectivity index (χ3v) is 5.04. The van der Waals surface area contributed by atoms with Crippen LogP contribution in [0.4, 0.5) is 0 Å². The van der Waals surface area contributed by atoms with Crippen LogP contribution in [0.2, 0.25) is 0 Å². The van der Waals surface area contributed by atoms with Crippen LogP contribution in [0, 0.1) is 0 Å². The van der Waals surface area contributed by atoms with Gasteiger partial charge in [0, 0.05) is 26.0 Å². The van der Waals surface area contributed by atoms with E-state index in [1.54, 1.807) is 38.2 Å². The Morgan fingerprint density at radius 2 is 1.70 bits per heavy atom. The number of hydrogen-bond donors (Lipinski definition) is 0. The summed E-state index contributed by atoms with van der Waals surface area (Å²) in [6.07, 6.45) is 4.30. The van der Waals surface area contributed by atoms with Crippen LogP contribution < -0.4 is 0 Å². The van der Waals surface area contributed by atoms with E-state index in [0.29, 0.717) is 23.4 Å². The van der Waals surface area contributed by atoms with Crippen LogP contribution in [0.3, 0.4) is 0 Å². The van der Waals surface area contributed by atoms with Crippen molar-refractivity contribution in [1.82, 2.24) is 34.5 Å². The van der Waals surface area contributed by atoms with Gasteiger partial charge in [0.05, 0.1) is 17.2 Å². The van der Waals surface area contributed by atoms with Crippen LogP contribution in [-0.4, -0.2) is 65.8 Å². The van der Waals surface area contributed by atoms with Crippen molar-refractivity contribution in [3.05, 3.63) is 65.6 Å². The molecule has 0 spiro atoms. The smallest absolute Gasteiger partial charge is 0.293 e. The second-order valence-corrected chi connectivity index (χ2v) is 6.80. The third kappa shape index (κ3) is 3.02. The first-order valence-electron chi connectivity index (χ1n) is 9.39. The van der Waals surface area contributed by atoms with Gasteiger partial charge in [-0.2, -0.15) is 4.68 Å². The highest BCUT2D eigenvalue weighted by Crippen LogP contribution is 2.31. The third-order valence-electron chi connectivity index (χ3n) is 5.04. The number of nitrogens with zero attached hydrogens (tertiary/aromatic N) is 7. The number of carbonyl (C=O) groups is 3. The highest BCUT2D eigenvalue weighted by Gasteiger charge is 2.40. The summed E-state index contributed by atoms with van der Waals surface area (Å²) in [6.45, 7) is 4.06. The minimum Gasteiger partial charge on any atom is -0.339 e. The maximum Gasteiger partial charge on any atom is 0.293 e. The molecule has 0 unspecified atom stereocenters. The van der Waals surface area contributed by atoms with Gasteiger partial charge in [-0.3, -0.25) is 24.3 Å². The summed E-state index contributed by atoms with van der Waals surface area (Å²) < 4.78 is 1.33. The molecule has 0 aliphatic carbocycles. The van der Waals surface area contributed by atoms with Crippen LogP contribution in [-0.2, 0) is 0 Å².